The van der Waals surface area contributed by atoms with Gasteiger partial charge in [-0.05, 0) is 56.0 Å². The third-order valence-corrected chi connectivity index (χ3v) is 5.41. The van der Waals surface area contributed by atoms with Gasteiger partial charge in [0.1, 0.15) is 11.4 Å². The maximum atomic E-state index is 13.2. The van der Waals surface area contributed by atoms with Gasteiger partial charge in [0.05, 0.1) is 0 Å². The summed E-state index contributed by atoms with van der Waals surface area (Å²) in [4.78, 5) is 14.9. The number of benzene rings is 1. The Kier molecular flexibility index (Phi) is 4.27. The van der Waals surface area contributed by atoms with Crippen molar-refractivity contribution in [2.45, 2.75) is 38.1 Å². The van der Waals surface area contributed by atoms with Gasteiger partial charge in [0.25, 0.3) is 5.91 Å². The van der Waals surface area contributed by atoms with Crippen LogP contribution in [0, 0.1) is 11.7 Å². The molecule has 4 nitrogen and oxygen atoms in total. The Morgan fingerprint density at radius 3 is 2.92 bits per heavy atom. The fraction of sp³-hybridized carbons (Fsp3) is 0.526. The van der Waals surface area contributed by atoms with Crippen LogP contribution in [0.15, 0.2) is 28.7 Å². The van der Waals surface area contributed by atoms with E-state index in [9.17, 15) is 9.18 Å². The van der Waals surface area contributed by atoms with Crippen molar-refractivity contribution in [2.24, 2.45) is 5.92 Å². The van der Waals surface area contributed by atoms with E-state index in [2.05, 4.69) is 10.2 Å². The van der Waals surface area contributed by atoms with Crippen LogP contribution >= 0.6 is 0 Å². The Hall–Kier alpha value is -1.88. The SMILES string of the molecule is O=C(NCC1CCN(C2CCCC2)C1)c1cc2cc(F)ccc2o1. The van der Waals surface area contributed by atoms with Crippen molar-refractivity contribution in [1.82, 2.24) is 10.2 Å². The van der Waals surface area contributed by atoms with Crippen molar-refractivity contribution in [3.63, 3.8) is 0 Å². The number of amides is 1. The van der Waals surface area contributed by atoms with Crippen LogP contribution < -0.4 is 5.32 Å². The standard InChI is InChI=1S/C19H23FN2O2/c20-15-5-6-17-14(9-15)10-18(24-17)19(23)21-11-13-7-8-22(12-13)16-3-1-2-4-16/h5-6,9-10,13,16H,1-4,7-8,11-12H2,(H,21,23). The number of likely N-dealkylation sites (tertiary alicyclic amines) is 1. The molecule has 1 saturated carbocycles. The van der Waals surface area contributed by atoms with Crippen LogP contribution in [-0.4, -0.2) is 36.5 Å². The van der Waals surface area contributed by atoms with Gasteiger partial charge >= 0.3 is 0 Å². The van der Waals surface area contributed by atoms with E-state index in [1.54, 1.807) is 12.1 Å². The second-order valence-electron chi connectivity index (χ2n) is 7.09. The highest BCUT2D eigenvalue weighted by molar-refractivity contribution is 5.96. The third kappa shape index (κ3) is 3.18. The number of furan rings is 1. The lowest BCUT2D eigenvalue weighted by atomic mass is 10.1. The van der Waals surface area contributed by atoms with E-state index in [1.807, 2.05) is 0 Å². The highest BCUT2D eigenvalue weighted by Gasteiger charge is 2.30. The molecule has 5 heteroatoms. The number of hydrogen-bond acceptors (Lipinski definition) is 3. The normalized spacial score (nSPS) is 22.5. The lowest BCUT2D eigenvalue weighted by molar-refractivity contribution is 0.0921. The average molecular weight is 330 g/mol. The molecule has 0 spiro atoms. The predicted molar refractivity (Wildman–Crippen MR) is 90.4 cm³/mol. The van der Waals surface area contributed by atoms with Crippen molar-refractivity contribution in [3.05, 3.63) is 35.8 Å². The maximum Gasteiger partial charge on any atom is 0.287 e. The molecule has 2 heterocycles. The number of carbonyl (C=O) groups excluding carboxylic acids is 1. The first kappa shape index (κ1) is 15.6. The van der Waals surface area contributed by atoms with Crippen LogP contribution in [0.2, 0.25) is 0 Å². The lowest BCUT2D eigenvalue weighted by Gasteiger charge is -2.23. The summed E-state index contributed by atoms with van der Waals surface area (Å²) in [6.07, 6.45) is 6.51. The van der Waals surface area contributed by atoms with E-state index in [1.165, 1.54) is 37.8 Å². The molecule has 1 aromatic heterocycles. The molecule has 4 rings (SSSR count). The molecule has 2 aliphatic rings. The molecular formula is C19H23FN2O2. The van der Waals surface area contributed by atoms with Gasteiger partial charge in [-0.1, -0.05) is 12.8 Å². The maximum absolute atomic E-state index is 13.2. The first-order valence-electron chi connectivity index (χ1n) is 8.90. The zero-order valence-corrected chi connectivity index (χ0v) is 13.8. The number of nitrogens with one attached hydrogen (secondary N) is 1. The zero-order chi connectivity index (χ0) is 16.5. The van der Waals surface area contributed by atoms with E-state index in [-0.39, 0.29) is 17.5 Å². The smallest absolute Gasteiger partial charge is 0.287 e. The van der Waals surface area contributed by atoms with Crippen LogP contribution in [0.3, 0.4) is 0 Å². The first-order chi connectivity index (χ1) is 11.7. The molecule has 128 valence electrons. The van der Waals surface area contributed by atoms with Crippen LogP contribution in [-0.2, 0) is 0 Å². The molecule has 0 bridgehead atoms. The molecule has 2 aromatic rings. The molecule has 0 radical (unpaired) electrons. The minimum absolute atomic E-state index is 0.217. The fourth-order valence-corrected chi connectivity index (χ4v) is 4.08. The Labute approximate surface area is 141 Å². The molecule has 1 atom stereocenters. The van der Waals surface area contributed by atoms with Crippen molar-refractivity contribution >= 4 is 16.9 Å². The summed E-state index contributed by atoms with van der Waals surface area (Å²) in [5, 5.41) is 3.59. The molecule has 2 fully saturated rings. The van der Waals surface area contributed by atoms with Gasteiger partial charge < -0.3 is 14.6 Å². The number of hydrogen-bond donors (Lipinski definition) is 1. The summed E-state index contributed by atoms with van der Waals surface area (Å²) in [5.41, 5.74) is 0.537. The monoisotopic (exact) mass is 330 g/mol. The van der Waals surface area contributed by atoms with Crippen molar-refractivity contribution in [1.29, 1.82) is 0 Å². The van der Waals surface area contributed by atoms with Gasteiger partial charge in [-0.2, -0.15) is 0 Å². The molecule has 1 unspecified atom stereocenters. The number of nitrogens with zero attached hydrogens (tertiary/aromatic N) is 1. The number of fused-ring (bicyclic) bond motifs is 1. The van der Waals surface area contributed by atoms with Crippen LogP contribution in [0.25, 0.3) is 11.0 Å². The van der Waals surface area contributed by atoms with E-state index >= 15 is 0 Å². The van der Waals surface area contributed by atoms with Crippen LogP contribution in [0.4, 0.5) is 4.39 Å². The van der Waals surface area contributed by atoms with E-state index in [0.29, 0.717) is 23.4 Å². The van der Waals surface area contributed by atoms with Gasteiger partial charge in [0.2, 0.25) is 0 Å². The summed E-state index contributed by atoms with van der Waals surface area (Å²) < 4.78 is 18.7. The summed E-state index contributed by atoms with van der Waals surface area (Å²) in [6, 6.07) is 6.64. The van der Waals surface area contributed by atoms with Crippen molar-refractivity contribution in [3.8, 4) is 0 Å². The zero-order valence-electron chi connectivity index (χ0n) is 13.8. The Balaban J connectivity index is 1.32. The highest BCUT2D eigenvalue weighted by Crippen LogP contribution is 2.28. The Bertz CT molecular complexity index is 736. The van der Waals surface area contributed by atoms with Crippen LogP contribution in [0.1, 0.15) is 42.7 Å². The minimum atomic E-state index is -0.326. The molecule has 1 aliphatic heterocycles. The Morgan fingerprint density at radius 2 is 2.08 bits per heavy atom. The van der Waals surface area contributed by atoms with Gasteiger partial charge in [0.15, 0.2) is 5.76 Å². The van der Waals surface area contributed by atoms with Gasteiger partial charge in [-0.25, -0.2) is 4.39 Å². The highest BCUT2D eigenvalue weighted by atomic mass is 19.1. The van der Waals surface area contributed by atoms with Gasteiger partial charge in [-0.15, -0.1) is 0 Å². The Morgan fingerprint density at radius 1 is 1.25 bits per heavy atom. The fourth-order valence-electron chi connectivity index (χ4n) is 4.08. The molecule has 1 saturated heterocycles. The van der Waals surface area contributed by atoms with Crippen molar-refractivity contribution in [2.75, 3.05) is 19.6 Å². The second kappa shape index (κ2) is 6.55. The summed E-state index contributed by atoms with van der Waals surface area (Å²) in [5.74, 6) is 0.219. The molecule has 1 amide bonds. The lowest BCUT2D eigenvalue weighted by Crippen LogP contribution is -2.34. The number of carbonyl (C=O) groups is 1. The van der Waals surface area contributed by atoms with Gasteiger partial charge in [-0.3, -0.25) is 4.79 Å². The first-order valence-corrected chi connectivity index (χ1v) is 8.90. The quantitative estimate of drug-likeness (QED) is 0.932. The molecule has 1 aliphatic carbocycles. The predicted octanol–water partition coefficient (Wildman–Crippen LogP) is 3.57. The summed E-state index contributed by atoms with van der Waals surface area (Å²) in [7, 11) is 0. The molecule has 24 heavy (non-hydrogen) atoms. The largest absolute Gasteiger partial charge is 0.451 e. The topological polar surface area (TPSA) is 45.5 Å². The summed E-state index contributed by atoms with van der Waals surface area (Å²) in [6.45, 7) is 2.90. The molecule has 1 aromatic carbocycles. The second-order valence-corrected chi connectivity index (χ2v) is 7.09. The van der Waals surface area contributed by atoms with Gasteiger partial charge in [0, 0.05) is 24.5 Å². The molecular weight excluding hydrogens is 307 g/mol. The van der Waals surface area contributed by atoms with Crippen LogP contribution in [0.5, 0.6) is 0 Å². The van der Waals surface area contributed by atoms with Crippen molar-refractivity contribution < 1.29 is 13.6 Å². The van der Waals surface area contributed by atoms with E-state index in [4.69, 9.17) is 4.42 Å². The third-order valence-electron chi connectivity index (χ3n) is 5.41. The molecule has 1 N–H and O–H groups in total. The summed E-state index contributed by atoms with van der Waals surface area (Å²) >= 11 is 0. The number of rotatable bonds is 4. The number of halogens is 1. The average Bonchev–Trinajstić information content (AvgIpc) is 3.30. The van der Waals surface area contributed by atoms with E-state index < -0.39 is 0 Å². The minimum Gasteiger partial charge on any atom is -0.451 e. The van der Waals surface area contributed by atoms with E-state index in [0.717, 1.165) is 25.6 Å².